The van der Waals surface area contributed by atoms with Gasteiger partial charge in [-0.2, -0.15) is 0 Å². The van der Waals surface area contributed by atoms with Crippen LogP contribution in [0.15, 0.2) is 18.2 Å². The molecule has 1 heterocycles. The van der Waals surface area contributed by atoms with Crippen LogP contribution in [-0.2, 0) is 17.6 Å². The molecule has 0 radical (unpaired) electrons. The Morgan fingerprint density at radius 3 is 2.89 bits per heavy atom. The van der Waals surface area contributed by atoms with E-state index in [1.165, 1.54) is 42.6 Å². The van der Waals surface area contributed by atoms with Crippen molar-refractivity contribution in [3.63, 3.8) is 0 Å². The van der Waals surface area contributed by atoms with Crippen molar-refractivity contribution in [1.29, 1.82) is 0 Å². The summed E-state index contributed by atoms with van der Waals surface area (Å²) in [4.78, 5) is 13.2. The second kappa shape index (κ2) is 5.24. The number of rotatable bonds is 5. The molecule has 19 heavy (non-hydrogen) atoms. The Labute approximate surface area is 114 Å². The van der Waals surface area contributed by atoms with Crippen molar-refractivity contribution < 1.29 is 9.90 Å². The molecule has 1 fully saturated rings. The fourth-order valence-corrected chi connectivity index (χ4v) is 3.23. The van der Waals surface area contributed by atoms with E-state index in [1.807, 2.05) is 0 Å². The van der Waals surface area contributed by atoms with Crippen LogP contribution >= 0.6 is 0 Å². The standard InChI is InChI=1S/C16H21NO2/c18-16(19)8-7-13-5-2-6-15-14(13)9-10-17(15)11-12-3-1-4-12/h2,5-6,12H,1,3-4,7-11H2,(H,18,19). The molecule has 0 saturated heterocycles. The van der Waals surface area contributed by atoms with Crippen LogP contribution in [0.3, 0.4) is 0 Å². The summed E-state index contributed by atoms with van der Waals surface area (Å²) in [5.41, 5.74) is 3.98. The molecule has 0 aromatic heterocycles. The topological polar surface area (TPSA) is 40.5 Å². The van der Waals surface area contributed by atoms with E-state index < -0.39 is 5.97 Å². The first-order valence-corrected chi connectivity index (χ1v) is 7.31. The second-order valence-corrected chi connectivity index (χ2v) is 5.80. The normalized spacial score (nSPS) is 18.2. The van der Waals surface area contributed by atoms with Gasteiger partial charge in [0.2, 0.25) is 0 Å². The average Bonchev–Trinajstić information content (AvgIpc) is 2.75. The summed E-state index contributed by atoms with van der Waals surface area (Å²) in [6, 6.07) is 6.37. The Balaban J connectivity index is 1.73. The number of benzene rings is 1. The van der Waals surface area contributed by atoms with Gasteiger partial charge in [-0.1, -0.05) is 18.6 Å². The summed E-state index contributed by atoms with van der Waals surface area (Å²) >= 11 is 0. The van der Waals surface area contributed by atoms with Gasteiger partial charge >= 0.3 is 5.97 Å². The number of aryl methyl sites for hydroxylation is 1. The summed E-state index contributed by atoms with van der Waals surface area (Å²) in [6.45, 7) is 2.30. The van der Waals surface area contributed by atoms with E-state index in [9.17, 15) is 4.79 Å². The number of anilines is 1. The highest BCUT2D eigenvalue weighted by molar-refractivity contribution is 5.68. The number of carboxylic acid groups (broad SMARTS) is 1. The number of nitrogens with zero attached hydrogens (tertiary/aromatic N) is 1. The minimum atomic E-state index is -0.707. The molecule has 0 unspecified atom stereocenters. The van der Waals surface area contributed by atoms with Crippen molar-refractivity contribution in [3.05, 3.63) is 29.3 Å². The maximum absolute atomic E-state index is 10.7. The van der Waals surface area contributed by atoms with Gasteiger partial charge in [-0.15, -0.1) is 0 Å². The summed E-state index contributed by atoms with van der Waals surface area (Å²) in [6.07, 6.45) is 6.13. The average molecular weight is 259 g/mol. The number of hydrogen-bond donors (Lipinski definition) is 1. The van der Waals surface area contributed by atoms with E-state index in [0.717, 1.165) is 18.9 Å². The van der Waals surface area contributed by atoms with Crippen LogP contribution in [0.5, 0.6) is 0 Å². The molecule has 1 aliphatic heterocycles. The fraction of sp³-hybridized carbons (Fsp3) is 0.562. The minimum Gasteiger partial charge on any atom is -0.481 e. The maximum atomic E-state index is 10.7. The molecule has 0 spiro atoms. The Kier molecular flexibility index (Phi) is 3.45. The zero-order chi connectivity index (χ0) is 13.2. The summed E-state index contributed by atoms with van der Waals surface area (Å²) < 4.78 is 0. The van der Waals surface area contributed by atoms with Crippen LogP contribution in [0.25, 0.3) is 0 Å². The van der Waals surface area contributed by atoms with Gasteiger partial charge in [0.05, 0.1) is 0 Å². The molecule has 1 saturated carbocycles. The van der Waals surface area contributed by atoms with Gasteiger partial charge in [0.25, 0.3) is 0 Å². The molecule has 2 aliphatic rings. The zero-order valence-electron chi connectivity index (χ0n) is 11.3. The van der Waals surface area contributed by atoms with Crippen molar-refractivity contribution in [2.75, 3.05) is 18.0 Å². The van der Waals surface area contributed by atoms with Crippen LogP contribution in [0.2, 0.25) is 0 Å². The first-order valence-electron chi connectivity index (χ1n) is 7.31. The number of carboxylic acids is 1. The SMILES string of the molecule is O=C(O)CCc1cccc2c1CCN2CC1CCC1. The number of aliphatic carboxylic acids is 1. The molecule has 1 aromatic carbocycles. The molecule has 0 amide bonds. The highest BCUT2D eigenvalue weighted by Crippen LogP contribution is 2.35. The summed E-state index contributed by atoms with van der Waals surface area (Å²) in [7, 11) is 0. The van der Waals surface area contributed by atoms with Crippen molar-refractivity contribution in [2.24, 2.45) is 5.92 Å². The van der Waals surface area contributed by atoms with Gasteiger partial charge in [-0.25, -0.2) is 0 Å². The van der Waals surface area contributed by atoms with Crippen LogP contribution in [0.4, 0.5) is 5.69 Å². The second-order valence-electron chi connectivity index (χ2n) is 5.80. The van der Waals surface area contributed by atoms with E-state index >= 15 is 0 Å². The first kappa shape index (κ1) is 12.5. The lowest BCUT2D eigenvalue weighted by molar-refractivity contribution is -0.136. The molecule has 3 rings (SSSR count). The van der Waals surface area contributed by atoms with Crippen molar-refractivity contribution in [3.8, 4) is 0 Å². The molecule has 1 N–H and O–H groups in total. The van der Waals surface area contributed by atoms with Crippen molar-refractivity contribution in [1.82, 2.24) is 0 Å². The summed E-state index contributed by atoms with van der Waals surface area (Å²) in [5, 5.41) is 8.82. The number of fused-ring (bicyclic) bond motifs is 1. The Hall–Kier alpha value is -1.51. The van der Waals surface area contributed by atoms with E-state index in [1.54, 1.807) is 0 Å². The van der Waals surface area contributed by atoms with Crippen molar-refractivity contribution in [2.45, 2.75) is 38.5 Å². The third kappa shape index (κ3) is 2.60. The van der Waals surface area contributed by atoms with E-state index in [0.29, 0.717) is 6.42 Å². The van der Waals surface area contributed by atoms with Crippen molar-refractivity contribution >= 4 is 11.7 Å². The molecule has 102 valence electrons. The molecule has 3 nitrogen and oxygen atoms in total. The third-order valence-electron chi connectivity index (χ3n) is 4.53. The van der Waals surface area contributed by atoms with Gasteiger partial charge in [0.15, 0.2) is 0 Å². The molecular weight excluding hydrogens is 238 g/mol. The van der Waals surface area contributed by atoms with Gasteiger partial charge in [-0.05, 0) is 48.8 Å². The van der Waals surface area contributed by atoms with Crippen LogP contribution in [0, 0.1) is 5.92 Å². The van der Waals surface area contributed by atoms with Gasteiger partial charge in [0, 0.05) is 25.2 Å². The largest absolute Gasteiger partial charge is 0.481 e. The number of hydrogen-bond acceptors (Lipinski definition) is 2. The number of carbonyl (C=O) groups is 1. The monoisotopic (exact) mass is 259 g/mol. The van der Waals surface area contributed by atoms with Crippen LogP contribution in [-0.4, -0.2) is 24.2 Å². The lowest BCUT2D eigenvalue weighted by Gasteiger charge is -2.31. The van der Waals surface area contributed by atoms with Gasteiger partial charge in [0.1, 0.15) is 0 Å². The van der Waals surface area contributed by atoms with Crippen LogP contribution in [0.1, 0.15) is 36.8 Å². The third-order valence-corrected chi connectivity index (χ3v) is 4.53. The fourth-order valence-electron chi connectivity index (χ4n) is 3.23. The Morgan fingerprint density at radius 1 is 1.37 bits per heavy atom. The summed E-state index contributed by atoms with van der Waals surface area (Å²) in [5.74, 6) is 0.176. The minimum absolute atomic E-state index is 0.235. The lowest BCUT2D eigenvalue weighted by Crippen LogP contribution is -2.31. The molecule has 1 aromatic rings. The van der Waals surface area contributed by atoms with Gasteiger partial charge in [-0.3, -0.25) is 4.79 Å². The molecule has 0 atom stereocenters. The highest BCUT2D eigenvalue weighted by atomic mass is 16.4. The predicted molar refractivity (Wildman–Crippen MR) is 75.7 cm³/mol. The van der Waals surface area contributed by atoms with E-state index in [4.69, 9.17) is 5.11 Å². The molecule has 1 aliphatic carbocycles. The smallest absolute Gasteiger partial charge is 0.303 e. The van der Waals surface area contributed by atoms with E-state index in [-0.39, 0.29) is 6.42 Å². The zero-order valence-corrected chi connectivity index (χ0v) is 11.3. The highest BCUT2D eigenvalue weighted by Gasteiger charge is 2.26. The van der Waals surface area contributed by atoms with E-state index in [2.05, 4.69) is 23.1 Å². The quantitative estimate of drug-likeness (QED) is 0.884. The molecular formula is C16H21NO2. The van der Waals surface area contributed by atoms with Crippen LogP contribution < -0.4 is 4.90 Å². The van der Waals surface area contributed by atoms with Gasteiger partial charge < -0.3 is 10.0 Å². The first-order chi connectivity index (χ1) is 9.24. The maximum Gasteiger partial charge on any atom is 0.303 e. The lowest BCUT2D eigenvalue weighted by atomic mass is 9.85. The Bertz CT molecular complexity index is 480. The predicted octanol–water partition coefficient (Wildman–Crippen LogP) is 2.87. The Morgan fingerprint density at radius 2 is 2.21 bits per heavy atom. The molecule has 0 bridgehead atoms. The molecule has 3 heteroatoms.